The van der Waals surface area contributed by atoms with Crippen LogP contribution in [0, 0.1) is 0 Å². The zero-order valence-corrected chi connectivity index (χ0v) is 18.7. The fourth-order valence-electron chi connectivity index (χ4n) is 2.56. The highest BCUT2D eigenvalue weighted by Crippen LogP contribution is 2.39. The highest BCUT2D eigenvalue weighted by atomic mass is 79.9. The molecular weight excluding hydrogens is 464 g/mol. The van der Waals surface area contributed by atoms with Gasteiger partial charge in [0.05, 0.1) is 28.8 Å². The topological polar surface area (TPSA) is 51.1 Å². The van der Waals surface area contributed by atoms with Gasteiger partial charge in [-0.2, -0.15) is 0 Å². The van der Waals surface area contributed by atoms with Crippen LogP contribution in [0.3, 0.4) is 0 Å². The number of benzene rings is 2. The van der Waals surface area contributed by atoms with E-state index in [-0.39, 0.29) is 5.91 Å². The number of amides is 1. The van der Waals surface area contributed by atoms with Crippen molar-refractivity contribution in [3.63, 3.8) is 0 Å². The van der Waals surface area contributed by atoms with Crippen LogP contribution in [0.4, 0.5) is 5.69 Å². The van der Waals surface area contributed by atoms with Crippen LogP contribution in [-0.4, -0.2) is 36.7 Å². The lowest BCUT2D eigenvalue weighted by molar-refractivity contribution is -0.121. The van der Waals surface area contributed by atoms with Crippen molar-refractivity contribution >= 4 is 62.1 Å². The first-order chi connectivity index (χ1) is 13.4. The van der Waals surface area contributed by atoms with Gasteiger partial charge < -0.3 is 9.47 Å². The SMILES string of the molecule is CCOc1cc(/C=C2\SC(=Nc3ccc(Cl)cc3)N(C)C2=O)cc(Br)c1OC. The van der Waals surface area contributed by atoms with Crippen molar-refractivity contribution < 1.29 is 14.3 Å². The lowest BCUT2D eigenvalue weighted by Crippen LogP contribution is -2.23. The molecule has 1 saturated heterocycles. The van der Waals surface area contributed by atoms with Crippen LogP contribution >= 0.6 is 39.3 Å². The number of thioether (sulfide) groups is 1. The van der Waals surface area contributed by atoms with E-state index in [4.69, 9.17) is 21.1 Å². The van der Waals surface area contributed by atoms with Crippen molar-refractivity contribution in [2.75, 3.05) is 20.8 Å². The van der Waals surface area contributed by atoms with E-state index in [9.17, 15) is 4.79 Å². The van der Waals surface area contributed by atoms with E-state index in [1.807, 2.05) is 37.3 Å². The van der Waals surface area contributed by atoms with E-state index in [1.165, 1.54) is 16.7 Å². The monoisotopic (exact) mass is 480 g/mol. The van der Waals surface area contributed by atoms with Gasteiger partial charge in [-0.1, -0.05) is 11.6 Å². The third kappa shape index (κ3) is 4.54. The largest absolute Gasteiger partial charge is 0.492 e. The second kappa shape index (κ2) is 9.03. The number of rotatable bonds is 5. The molecule has 0 bridgehead atoms. The molecule has 5 nitrogen and oxygen atoms in total. The maximum atomic E-state index is 12.7. The van der Waals surface area contributed by atoms with Gasteiger partial charge in [0.1, 0.15) is 0 Å². The molecule has 0 radical (unpaired) electrons. The van der Waals surface area contributed by atoms with Crippen LogP contribution < -0.4 is 9.47 Å². The Labute approximate surface area is 181 Å². The molecule has 3 rings (SSSR count). The van der Waals surface area contributed by atoms with Gasteiger partial charge in [0, 0.05) is 12.1 Å². The summed E-state index contributed by atoms with van der Waals surface area (Å²) in [7, 11) is 3.30. The van der Waals surface area contributed by atoms with Crippen molar-refractivity contribution in [3.8, 4) is 11.5 Å². The Hall–Kier alpha value is -1.96. The number of carbonyl (C=O) groups excluding carboxylic acids is 1. The Morgan fingerprint density at radius 1 is 1.29 bits per heavy atom. The summed E-state index contributed by atoms with van der Waals surface area (Å²) in [4.78, 5) is 19.3. The zero-order valence-electron chi connectivity index (χ0n) is 15.5. The molecule has 2 aromatic carbocycles. The smallest absolute Gasteiger partial charge is 0.266 e. The van der Waals surface area contributed by atoms with Crippen LogP contribution in [0.2, 0.25) is 5.02 Å². The zero-order chi connectivity index (χ0) is 20.3. The van der Waals surface area contributed by atoms with E-state index < -0.39 is 0 Å². The number of ether oxygens (including phenoxy) is 2. The highest BCUT2D eigenvalue weighted by molar-refractivity contribution is 9.10. The number of amidine groups is 1. The molecule has 0 unspecified atom stereocenters. The third-order valence-electron chi connectivity index (χ3n) is 3.89. The number of hydrogen-bond donors (Lipinski definition) is 0. The molecule has 0 aliphatic carbocycles. The van der Waals surface area contributed by atoms with Crippen LogP contribution in [0.15, 0.2) is 50.8 Å². The van der Waals surface area contributed by atoms with E-state index in [0.29, 0.717) is 33.2 Å². The third-order valence-corrected chi connectivity index (χ3v) is 5.79. The molecule has 1 aliphatic heterocycles. The molecule has 8 heteroatoms. The maximum Gasteiger partial charge on any atom is 0.266 e. The first-order valence-electron chi connectivity index (χ1n) is 8.45. The van der Waals surface area contributed by atoms with Gasteiger partial charge in [-0.05, 0) is 82.7 Å². The standard InChI is InChI=1S/C20H18BrClN2O3S/c1-4-27-16-10-12(9-15(21)18(16)26-3)11-17-19(25)24(2)20(28-17)23-14-7-5-13(22)6-8-14/h5-11H,4H2,1-3H3/b17-11-,23-20?. The fourth-order valence-corrected chi connectivity index (χ4v) is 4.30. The molecule has 146 valence electrons. The number of nitrogens with zero attached hydrogens (tertiary/aromatic N) is 2. The molecule has 0 N–H and O–H groups in total. The average Bonchev–Trinajstić information content (AvgIpc) is 2.92. The minimum Gasteiger partial charge on any atom is -0.492 e. The van der Waals surface area contributed by atoms with Crippen molar-refractivity contribution in [2.24, 2.45) is 4.99 Å². The summed E-state index contributed by atoms with van der Waals surface area (Å²) in [5.74, 6) is 1.13. The van der Waals surface area contributed by atoms with Crippen LogP contribution in [0.1, 0.15) is 12.5 Å². The first kappa shape index (κ1) is 20.8. The number of carbonyl (C=O) groups is 1. The number of hydrogen-bond acceptors (Lipinski definition) is 5. The Bertz CT molecular complexity index is 961. The van der Waals surface area contributed by atoms with Gasteiger partial charge in [0.15, 0.2) is 16.7 Å². The van der Waals surface area contributed by atoms with Crippen molar-refractivity contribution in [2.45, 2.75) is 6.92 Å². The van der Waals surface area contributed by atoms with Crippen LogP contribution in [0.5, 0.6) is 11.5 Å². The molecule has 0 spiro atoms. The number of aliphatic imine (C=N–C) groups is 1. The summed E-state index contributed by atoms with van der Waals surface area (Å²) in [6.07, 6.45) is 1.82. The predicted molar refractivity (Wildman–Crippen MR) is 119 cm³/mol. The highest BCUT2D eigenvalue weighted by Gasteiger charge is 2.30. The Morgan fingerprint density at radius 3 is 2.64 bits per heavy atom. The second-order valence-electron chi connectivity index (χ2n) is 5.81. The minimum absolute atomic E-state index is 0.109. The maximum absolute atomic E-state index is 12.7. The van der Waals surface area contributed by atoms with Gasteiger partial charge in [0.25, 0.3) is 5.91 Å². The minimum atomic E-state index is -0.109. The quantitative estimate of drug-likeness (QED) is 0.511. The lowest BCUT2D eigenvalue weighted by Gasteiger charge is -2.12. The van der Waals surface area contributed by atoms with Gasteiger partial charge in [-0.25, -0.2) is 4.99 Å². The molecule has 1 heterocycles. The predicted octanol–water partition coefficient (Wildman–Crippen LogP) is 5.74. The molecule has 0 aromatic heterocycles. The molecular formula is C20H18BrClN2O3S. The van der Waals surface area contributed by atoms with Crippen molar-refractivity contribution in [3.05, 3.63) is 56.4 Å². The van der Waals surface area contributed by atoms with Crippen LogP contribution in [-0.2, 0) is 4.79 Å². The normalized spacial score (nSPS) is 16.9. The molecule has 0 saturated carbocycles. The molecule has 2 aromatic rings. The van der Waals surface area contributed by atoms with Crippen molar-refractivity contribution in [1.82, 2.24) is 4.90 Å². The Kier molecular flexibility index (Phi) is 6.69. The summed E-state index contributed by atoms with van der Waals surface area (Å²) >= 11 is 10.7. The van der Waals surface area contributed by atoms with Crippen LogP contribution in [0.25, 0.3) is 6.08 Å². The van der Waals surface area contributed by atoms with E-state index in [1.54, 1.807) is 26.3 Å². The van der Waals surface area contributed by atoms with Gasteiger partial charge in [-0.15, -0.1) is 0 Å². The molecule has 0 atom stereocenters. The number of likely N-dealkylation sites (N-methyl/N-ethyl adjacent to an activating group) is 1. The summed E-state index contributed by atoms with van der Waals surface area (Å²) in [6, 6.07) is 10.9. The Morgan fingerprint density at radius 2 is 2.00 bits per heavy atom. The van der Waals surface area contributed by atoms with E-state index >= 15 is 0 Å². The average molecular weight is 482 g/mol. The Balaban J connectivity index is 1.92. The van der Waals surface area contributed by atoms with Gasteiger partial charge in [0.2, 0.25) is 0 Å². The second-order valence-corrected chi connectivity index (χ2v) is 8.11. The van der Waals surface area contributed by atoms with Gasteiger partial charge >= 0.3 is 0 Å². The molecule has 1 fully saturated rings. The summed E-state index contributed by atoms with van der Waals surface area (Å²) in [5.41, 5.74) is 1.56. The van der Waals surface area contributed by atoms with Gasteiger partial charge in [-0.3, -0.25) is 9.69 Å². The van der Waals surface area contributed by atoms with E-state index in [0.717, 1.165) is 15.7 Å². The first-order valence-corrected chi connectivity index (χ1v) is 10.4. The van der Waals surface area contributed by atoms with Crippen molar-refractivity contribution in [1.29, 1.82) is 0 Å². The summed E-state index contributed by atoms with van der Waals surface area (Å²) in [6.45, 7) is 2.42. The fraction of sp³-hybridized carbons (Fsp3) is 0.200. The number of methoxy groups -OCH3 is 1. The number of halogens is 2. The summed E-state index contributed by atoms with van der Waals surface area (Å²) < 4.78 is 11.8. The molecule has 1 amide bonds. The molecule has 1 aliphatic rings. The summed E-state index contributed by atoms with van der Waals surface area (Å²) in [5, 5.41) is 1.25. The van der Waals surface area contributed by atoms with E-state index in [2.05, 4.69) is 20.9 Å². The molecule has 28 heavy (non-hydrogen) atoms. The lowest BCUT2D eigenvalue weighted by atomic mass is 10.2.